The summed E-state index contributed by atoms with van der Waals surface area (Å²) < 4.78 is 14.0. The number of ether oxygens (including phenoxy) is 3. The normalized spacial score (nSPS) is 13.4. The number of aliphatic hydroxyl groups is 1. The van der Waals surface area contributed by atoms with Crippen LogP contribution >= 0.6 is 0 Å². The Labute approximate surface area is 162 Å². The molecule has 1 aromatic rings. The number of carbonyl (C=O) groups excluding carboxylic acids is 4. The fourth-order valence-electron chi connectivity index (χ4n) is 2.14. The summed E-state index contributed by atoms with van der Waals surface area (Å²) in [5.74, 6) is -2.53. The fourth-order valence-corrected chi connectivity index (χ4v) is 2.14. The molecule has 0 heterocycles. The average Bonchev–Trinajstić information content (AvgIpc) is 2.69. The van der Waals surface area contributed by atoms with Gasteiger partial charge in [-0.15, -0.1) is 0 Å². The summed E-state index contributed by atoms with van der Waals surface area (Å²) in [6.07, 6.45) is -2.71. The van der Waals surface area contributed by atoms with Gasteiger partial charge in [0.15, 0.2) is 0 Å². The Bertz CT molecular complexity index is 677. The number of hydrogen-bond acceptors (Lipinski definition) is 8. The van der Waals surface area contributed by atoms with Gasteiger partial charge >= 0.3 is 18.0 Å². The minimum absolute atomic E-state index is 0.0338. The molecule has 154 valence electrons. The lowest BCUT2D eigenvalue weighted by Crippen LogP contribution is -2.56. The van der Waals surface area contributed by atoms with E-state index in [1.807, 2.05) is 6.07 Å². The maximum Gasteiger partial charge on any atom is 0.408 e. The van der Waals surface area contributed by atoms with Crippen molar-refractivity contribution in [3.8, 4) is 0 Å². The van der Waals surface area contributed by atoms with E-state index in [2.05, 4.69) is 20.1 Å². The van der Waals surface area contributed by atoms with Crippen LogP contribution in [0, 0.1) is 0 Å². The quantitative estimate of drug-likeness (QED) is 0.388. The van der Waals surface area contributed by atoms with E-state index >= 15 is 0 Å². The van der Waals surface area contributed by atoms with Crippen LogP contribution in [0.1, 0.15) is 18.9 Å². The summed E-state index contributed by atoms with van der Waals surface area (Å²) in [6.45, 7) is 1.24. The first-order valence-corrected chi connectivity index (χ1v) is 8.38. The van der Waals surface area contributed by atoms with Gasteiger partial charge in [-0.1, -0.05) is 30.3 Å². The largest absolute Gasteiger partial charge is 0.469 e. The lowest BCUT2D eigenvalue weighted by Gasteiger charge is -2.23. The molecule has 28 heavy (non-hydrogen) atoms. The number of rotatable bonds is 9. The maximum absolute atomic E-state index is 12.4. The molecule has 10 heteroatoms. The summed E-state index contributed by atoms with van der Waals surface area (Å²) in [5, 5.41) is 14.3. The van der Waals surface area contributed by atoms with Crippen LogP contribution in [-0.2, 0) is 35.2 Å². The number of amides is 2. The molecular weight excluding hydrogens is 372 g/mol. The highest BCUT2D eigenvalue weighted by Gasteiger charge is 2.32. The molecule has 0 bridgehead atoms. The topological polar surface area (TPSA) is 140 Å². The summed E-state index contributed by atoms with van der Waals surface area (Å²) in [7, 11) is 2.21. The average molecular weight is 396 g/mol. The molecule has 0 fully saturated rings. The van der Waals surface area contributed by atoms with Crippen LogP contribution in [-0.4, -0.2) is 61.5 Å². The molecule has 2 amide bonds. The Morgan fingerprint density at radius 1 is 1.04 bits per heavy atom. The van der Waals surface area contributed by atoms with Gasteiger partial charge in [-0.2, -0.15) is 0 Å². The van der Waals surface area contributed by atoms with E-state index < -0.39 is 48.5 Å². The van der Waals surface area contributed by atoms with Gasteiger partial charge in [0.25, 0.3) is 0 Å². The molecule has 1 aromatic carbocycles. The summed E-state index contributed by atoms with van der Waals surface area (Å²) in [6, 6.07) is 6.10. The van der Waals surface area contributed by atoms with Crippen molar-refractivity contribution >= 4 is 23.9 Å². The third-order valence-corrected chi connectivity index (χ3v) is 3.65. The second kappa shape index (κ2) is 11.5. The molecule has 0 unspecified atom stereocenters. The second-order valence-corrected chi connectivity index (χ2v) is 5.79. The number of nitrogens with one attached hydrogen (secondary N) is 2. The zero-order valence-electron chi connectivity index (χ0n) is 15.8. The number of aliphatic hydroxyl groups excluding tert-OH is 1. The van der Waals surface area contributed by atoms with Gasteiger partial charge in [0.2, 0.25) is 5.91 Å². The van der Waals surface area contributed by atoms with Crippen molar-refractivity contribution < 1.29 is 38.5 Å². The number of hydrogen-bond donors (Lipinski definition) is 3. The van der Waals surface area contributed by atoms with E-state index in [4.69, 9.17) is 4.74 Å². The molecule has 3 atom stereocenters. The summed E-state index contributed by atoms with van der Waals surface area (Å²) >= 11 is 0. The molecule has 0 saturated heterocycles. The minimum atomic E-state index is -1.42. The molecule has 0 aliphatic rings. The molecule has 3 N–H and O–H groups in total. The van der Waals surface area contributed by atoms with Gasteiger partial charge in [-0.05, 0) is 12.5 Å². The molecule has 10 nitrogen and oxygen atoms in total. The van der Waals surface area contributed by atoms with Crippen molar-refractivity contribution in [1.29, 1.82) is 0 Å². The first-order valence-electron chi connectivity index (χ1n) is 8.38. The maximum atomic E-state index is 12.4. The van der Waals surface area contributed by atoms with Gasteiger partial charge in [-0.3, -0.25) is 9.59 Å². The summed E-state index contributed by atoms with van der Waals surface area (Å²) in [5.41, 5.74) is 0.736. The second-order valence-electron chi connectivity index (χ2n) is 5.79. The number of benzene rings is 1. The number of alkyl carbamates (subject to hydrolysis) is 1. The van der Waals surface area contributed by atoms with Gasteiger partial charge in [0.1, 0.15) is 18.7 Å². The standard InChI is InChI=1S/C18H24N2O8/c1-11(21)15(20-18(25)28-10-12-7-5-4-6-8-12)16(23)19-13(17(24)27-3)9-14(22)26-2/h4-8,11,13,15,21H,9-10H2,1-3H3,(H,19,23)(H,20,25)/t11-,13-,15+/m1/s1. The Morgan fingerprint density at radius 3 is 2.21 bits per heavy atom. The molecule has 0 spiro atoms. The molecule has 0 aliphatic carbocycles. The smallest absolute Gasteiger partial charge is 0.408 e. The van der Waals surface area contributed by atoms with Crippen molar-refractivity contribution in [3.05, 3.63) is 35.9 Å². The lowest BCUT2D eigenvalue weighted by molar-refractivity contribution is -0.151. The van der Waals surface area contributed by atoms with Gasteiger partial charge in [-0.25, -0.2) is 9.59 Å². The van der Waals surface area contributed by atoms with Crippen molar-refractivity contribution in [3.63, 3.8) is 0 Å². The monoisotopic (exact) mass is 396 g/mol. The summed E-state index contributed by atoms with van der Waals surface area (Å²) in [4.78, 5) is 47.5. The van der Waals surface area contributed by atoms with Crippen molar-refractivity contribution in [2.24, 2.45) is 0 Å². The highest BCUT2D eigenvalue weighted by Crippen LogP contribution is 2.03. The van der Waals surface area contributed by atoms with E-state index in [0.717, 1.165) is 19.8 Å². The van der Waals surface area contributed by atoms with E-state index in [-0.39, 0.29) is 6.61 Å². The first-order chi connectivity index (χ1) is 13.3. The van der Waals surface area contributed by atoms with Crippen molar-refractivity contribution in [1.82, 2.24) is 10.6 Å². The molecule has 0 radical (unpaired) electrons. The SMILES string of the molecule is COC(=O)C[C@@H](NC(=O)[C@@H](NC(=O)OCc1ccccc1)[C@@H](C)O)C(=O)OC. The highest BCUT2D eigenvalue weighted by molar-refractivity contribution is 5.91. The third kappa shape index (κ3) is 7.62. The van der Waals surface area contributed by atoms with Crippen LogP contribution in [0.4, 0.5) is 4.79 Å². The Morgan fingerprint density at radius 2 is 1.68 bits per heavy atom. The fraction of sp³-hybridized carbons (Fsp3) is 0.444. The van der Waals surface area contributed by atoms with E-state index in [1.54, 1.807) is 24.3 Å². The van der Waals surface area contributed by atoms with Crippen LogP contribution in [0.15, 0.2) is 30.3 Å². The van der Waals surface area contributed by atoms with E-state index in [9.17, 15) is 24.3 Å². The van der Waals surface area contributed by atoms with E-state index in [1.165, 1.54) is 6.92 Å². The van der Waals surface area contributed by atoms with Crippen LogP contribution in [0.5, 0.6) is 0 Å². The number of carbonyl (C=O) groups is 4. The molecule has 0 aromatic heterocycles. The highest BCUT2D eigenvalue weighted by atomic mass is 16.5. The van der Waals surface area contributed by atoms with Gasteiger partial charge in [0, 0.05) is 0 Å². The van der Waals surface area contributed by atoms with Gasteiger partial charge in [0.05, 0.1) is 26.7 Å². The van der Waals surface area contributed by atoms with Crippen LogP contribution in [0.2, 0.25) is 0 Å². The first kappa shape index (κ1) is 22.9. The molecular formula is C18H24N2O8. The predicted octanol–water partition coefficient (Wildman–Crippen LogP) is -0.117. The lowest BCUT2D eigenvalue weighted by atomic mass is 10.1. The van der Waals surface area contributed by atoms with Crippen LogP contribution < -0.4 is 10.6 Å². The van der Waals surface area contributed by atoms with Crippen LogP contribution in [0.25, 0.3) is 0 Å². The Balaban J connectivity index is 2.71. The van der Waals surface area contributed by atoms with Crippen molar-refractivity contribution in [2.45, 2.75) is 38.1 Å². The molecule has 0 aliphatic heterocycles. The van der Waals surface area contributed by atoms with Crippen molar-refractivity contribution in [2.75, 3.05) is 14.2 Å². The molecule has 1 rings (SSSR count). The number of methoxy groups -OCH3 is 2. The third-order valence-electron chi connectivity index (χ3n) is 3.65. The Kier molecular flexibility index (Phi) is 9.44. The zero-order valence-corrected chi connectivity index (χ0v) is 15.8. The molecule has 0 saturated carbocycles. The predicted molar refractivity (Wildman–Crippen MR) is 95.8 cm³/mol. The van der Waals surface area contributed by atoms with Gasteiger partial charge < -0.3 is 30.0 Å². The Hall–Kier alpha value is -3.14. The zero-order chi connectivity index (χ0) is 21.1. The van der Waals surface area contributed by atoms with Crippen LogP contribution in [0.3, 0.4) is 0 Å². The number of esters is 2. The minimum Gasteiger partial charge on any atom is -0.469 e. The van der Waals surface area contributed by atoms with E-state index in [0.29, 0.717) is 0 Å².